The molecule has 27 heavy (non-hydrogen) atoms. The number of ether oxygens (including phenoxy) is 1. The molecule has 3 aromatic carbocycles. The fraction of sp³-hybridized carbons (Fsp3) is 0. The molecule has 0 amide bonds. The van der Waals surface area contributed by atoms with Gasteiger partial charge >= 0.3 is 5.56 Å². The van der Waals surface area contributed by atoms with Gasteiger partial charge in [0.05, 0.1) is 11.9 Å². The van der Waals surface area contributed by atoms with Crippen LogP contribution in [0.5, 0.6) is 11.5 Å². The van der Waals surface area contributed by atoms with E-state index in [1.807, 2.05) is 48.5 Å². The van der Waals surface area contributed by atoms with Crippen LogP contribution in [0.15, 0.2) is 95.9 Å². The Morgan fingerprint density at radius 3 is 2.11 bits per heavy atom. The van der Waals surface area contributed by atoms with Crippen molar-refractivity contribution >= 4 is 11.6 Å². The lowest BCUT2D eigenvalue weighted by Gasteiger charge is -2.14. The molecule has 4 aromatic rings. The number of hydrogen-bond donors (Lipinski definition) is 0. The average Bonchev–Trinajstić information content (AvgIpc) is 2.72. The summed E-state index contributed by atoms with van der Waals surface area (Å²) < 4.78 is 7.30. The summed E-state index contributed by atoms with van der Waals surface area (Å²) in [7, 11) is 0. The third kappa shape index (κ3) is 3.61. The summed E-state index contributed by atoms with van der Waals surface area (Å²) in [5, 5.41) is 0.595. The van der Waals surface area contributed by atoms with Gasteiger partial charge in [-0.2, -0.15) is 0 Å². The molecule has 5 heteroatoms. The lowest BCUT2D eigenvalue weighted by Crippen LogP contribution is -2.22. The summed E-state index contributed by atoms with van der Waals surface area (Å²) in [5.41, 5.74) is 1.19. The topological polar surface area (TPSA) is 44.1 Å². The average molecular weight is 375 g/mol. The molecule has 0 saturated heterocycles. The molecule has 0 aliphatic rings. The van der Waals surface area contributed by atoms with E-state index >= 15 is 0 Å². The van der Waals surface area contributed by atoms with Crippen molar-refractivity contribution in [3.05, 3.63) is 107 Å². The van der Waals surface area contributed by atoms with Crippen LogP contribution in [-0.4, -0.2) is 9.55 Å². The Morgan fingerprint density at radius 1 is 0.815 bits per heavy atom. The van der Waals surface area contributed by atoms with Crippen LogP contribution in [-0.2, 0) is 0 Å². The van der Waals surface area contributed by atoms with E-state index in [0.29, 0.717) is 22.3 Å². The SMILES string of the molecule is O=c1c(Oc2ccccc2)cnc(-c2ccccc2)n1-c1ccc(Cl)cc1. The highest BCUT2D eigenvalue weighted by Gasteiger charge is 2.15. The number of hydrogen-bond acceptors (Lipinski definition) is 3. The summed E-state index contributed by atoms with van der Waals surface area (Å²) in [5.74, 6) is 1.26. The first-order chi connectivity index (χ1) is 13.2. The molecule has 1 heterocycles. The maximum absolute atomic E-state index is 13.2. The van der Waals surface area contributed by atoms with Gasteiger partial charge in [0.2, 0.25) is 5.75 Å². The van der Waals surface area contributed by atoms with Crippen LogP contribution in [0.4, 0.5) is 0 Å². The summed E-state index contributed by atoms with van der Waals surface area (Å²) in [6.45, 7) is 0. The number of rotatable bonds is 4. The molecule has 0 saturated carbocycles. The third-order valence-electron chi connectivity index (χ3n) is 4.02. The zero-order valence-electron chi connectivity index (χ0n) is 14.2. The lowest BCUT2D eigenvalue weighted by atomic mass is 10.2. The van der Waals surface area contributed by atoms with Gasteiger partial charge in [-0.15, -0.1) is 0 Å². The van der Waals surface area contributed by atoms with Gasteiger partial charge in [-0.05, 0) is 36.4 Å². The van der Waals surface area contributed by atoms with Gasteiger partial charge in [0.25, 0.3) is 0 Å². The minimum atomic E-state index is -0.296. The molecule has 0 aliphatic heterocycles. The summed E-state index contributed by atoms with van der Waals surface area (Å²) in [4.78, 5) is 17.7. The first-order valence-corrected chi connectivity index (χ1v) is 8.76. The van der Waals surface area contributed by atoms with Crippen molar-refractivity contribution in [3.63, 3.8) is 0 Å². The van der Waals surface area contributed by atoms with E-state index in [2.05, 4.69) is 4.98 Å². The molecule has 0 atom stereocenters. The van der Waals surface area contributed by atoms with Crippen molar-refractivity contribution < 1.29 is 4.74 Å². The zero-order chi connectivity index (χ0) is 18.6. The van der Waals surface area contributed by atoms with E-state index in [0.717, 1.165) is 5.56 Å². The molecule has 0 aliphatic carbocycles. The Morgan fingerprint density at radius 2 is 1.44 bits per heavy atom. The van der Waals surface area contributed by atoms with Gasteiger partial charge < -0.3 is 4.74 Å². The van der Waals surface area contributed by atoms with Crippen molar-refractivity contribution in [1.29, 1.82) is 0 Å². The predicted molar refractivity (Wildman–Crippen MR) is 107 cm³/mol. The Kier molecular flexibility index (Phi) is 4.73. The number of halogens is 1. The van der Waals surface area contributed by atoms with Gasteiger partial charge in [0, 0.05) is 10.6 Å². The summed E-state index contributed by atoms with van der Waals surface area (Å²) >= 11 is 6.01. The van der Waals surface area contributed by atoms with Gasteiger partial charge in [-0.3, -0.25) is 9.36 Å². The van der Waals surface area contributed by atoms with Crippen LogP contribution in [0, 0.1) is 0 Å². The molecular formula is C22H15ClN2O2. The van der Waals surface area contributed by atoms with Crippen LogP contribution >= 0.6 is 11.6 Å². The zero-order valence-corrected chi connectivity index (χ0v) is 15.0. The van der Waals surface area contributed by atoms with Gasteiger partial charge in [0.15, 0.2) is 0 Å². The molecule has 0 unspecified atom stereocenters. The normalized spacial score (nSPS) is 10.6. The Bertz CT molecular complexity index is 1110. The fourth-order valence-corrected chi connectivity index (χ4v) is 2.87. The van der Waals surface area contributed by atoms with E-state index in [1.165, 1.54) is 10.8 Å². The van der Waals surface area contributed by atoms with Crippen LogP contribution in [0.2, 0.25) is 5.02 Å². The first kappa shape index (κ1) is 17.1. The Balaban J connectivity index is 1.89. The van der Waals surface area contributed by atoms with Crippen molar-refractivity contribution in [2.24, 2.45) is 0 Å². The molecule has 0 bridgehead atoms. The van der Waals surface area contributed by atoms with Crippen LogP contribution < -0.4 is 10.3 Å². The van der Waals surface area contributed by atoms with E-state index < -0.39 is 0 Å². The van der Waals surface area contributed by atoms with Gasteiger partial charge in [-0.25, -0.2) is 4.98 Å². The second-order valence-corrected chi connectivity index (χ2v) is 6.28. The van der Waals surface area contributed by atoms with Crippen LogP contribution in [0.1, 0.15) is 0 Å². The van der Waals surface area contributed by atoms with Gasteiger partial charge in [-0.1, -0.05) is 60.1 Å². The molecule has 0 radical (unpaired) electrons. The van der Waals surface area contributed by atoms with E-state index in [-0.39, 0.29) is 11.3 Å². The second kappa shape index (κ2) is 7.48. The predicted octanol–water partition coefficient (Wildman–Crippen LogP) is 5.35. The molecule has 0 fully saturated rings. The van der Waals surface area contributed by atoms with Gasteiger partial charge in [0.1, 0.15) is 11.6 Å². The minimum Gasteiger partial charge on any atom is -0.450 e. The maximum Gasteiger partial charge on any atom is 0.301 e. The number of aromatic nitrogens is 2. The number of benzene rings is 3. The summed E-state index contributed by atoms with van der Waals surface area (Å²) in [6.07, 6.45) is 1.46. The highest BCUT2D eigenvalue weighted by Crippen LogP contribution is 2.23. The van der Waals surface area contributed by atoms with Crippen molar-refractivity contribution in [2.75, 3.05) is 0 Å². The monoisotopic (exact) mass is 374 g/mol. The number of para-hydroxylation sites is 1. The smallest absolute Gasteiger partial charge is 0.301 e. The number of nitrogens with zero attached hydrogens (tertiary/aromatic N) is 2. The minimum absolute atomic E-state index is 0.149. The second-order valence-electron chi connectivity index (χ2n) is 5.84. The Labute approximate surface area is 161 Å². The molecule has 4 nitrogen and oxygen atoms in total. The molecule has 132 valence electrons. The fourth-order valence-electron chi connectivity index (χ4n) is 2.75. The molecule has 1 aromatic heterocycles. The highest BCUT2D eigenvalue weighted by atomic mass is 35.5. The lowest BCUT2D eigenvalue weighted by molar-refractivity contribution is 0.469. The maximum atomic E-state index is 13.2. The third-order valence-corrected chi connectivity index (χ3v) is 4.27. The largest absolute Gasteiger partial charge is 0.450 e. The highest BCUT2D eigenvalue weighted by molar-refractivity contribution is 6.30. The van der Waals surface area contributed by atoms with Crippen LogP contribution in [0.25, 0.3) is 17.1 Å². The van der Waals surface area contributed by atoms with Crippen molar-refractivity contribution in [1.82, 2.24) is 9.55 Å². The van der Waals surface area contributed by atoms with Crippen molar-refractivity contribution in [2.45, 2.75) is 0 Å². The molecule has 4 rings (SSSR count). The van der Waals surface area contributed by atoms with Crippen LogP contribution in [0.3, 0.4) is 0 Å². The molecular weight excluding hydrogens is 360 g/mol. The van der Waals surface area contributed by atoms with E-state index in [1.54, 1.807) is 36.4 Å². The molecule has 0 N–H and O–H groups in total. The van der Waals surface area contributed by atoms with E-state index in [4.69, 9.17) is 16.3 Å². The van der Waals surface area contributed by atoms with Crippen molar-refractivity contribution in [3.8, 4) is 28.6 Å². The van der Waals surface area contributed by atoms with E-state index in [9.17, 15) is 4.79 Å². The molecule has 0 spiro atoms. The quantitative estimate of drug-likeness (QED) is 0.484. The Hall–Kier alpha value is -3.37. The summed E-state index contributed by atoms with van der Waals surface area (Å²) in [6, 6.07) is 25.7. The standard InChI is InChI=1S/C22H15ClN2O2/c23-17-11-13-18(14-12-17)25-21(16-7-3-1-4-8-16)24-15-20(22(25)26)27-19-9-5-2-6-10-19/h1-15H. The first-order valence-electron chi connectivity index (χ1n) is 8.39.